The van der Waals surface area contributed by atoms with Crippen molar-refractivity contribution in [3.8, 4) is 0 Å². The van der Waals surface area contributed by atoms with Crippen molar-refractivity contribution in [2.45, 2.75) is 50.9 Å². The molecule has 0 aliphatic carbocycles. The molecular weight excluding hydrogens is 516 g/mol. The highest BCUT2D eigenvalue weighted by molar-refractivity contribution is 6.02. The summed E-state index contributed by atoms with van der Waals surface area (Å²) in [6.07, 6.45) is 0.0605. The Hall–Kier alpha value is -4.46. The zero-order valence-corrected chi connectivity index (χ0v) is 23.9. The van der Waals surface area contributed by atoms with Gasteiger partial charge in [-0.3, -0.25) is 19.4 Å². The Morgan fingerprint density at radius 1 is 0.659 bits per heavy atom. The summed E-state index contributed by atoms with van der Waals surface area (Å²) in [4.78, 5) is 61.0. The molecule has 5 atom stereocenters. The first kappa shape index (κ1) is 28.1. The van der Waals surface area contributed by atoms with Crippen molar-refractivity contribution in [3.05, 3.63) is 108 Å². The lowest BCUT2D eigenvalue weighted by Crippen LogP contribution is -2.44. The van der Waals surface area contributed by atoms with Gasteiger partial charge in [-0.05, 0) is 37.0 Å². The van der Waals surface area contributed by atoms with Crippen LogP contribution in [0.4, 0.5) is 9.59 Å². The quantitative estimate of drug-likeness (QED) is 0.399. The van der Waals surface area contributed by atoms with E-state index in [0.717, 1.165) is 16.7 Å². The maximum Gasteiger partial charge on any atom is 0.327 e. The van der Waals surface area contributed by atoms with E-state index in [1.165, 1.54) is 9.80 Å². The molecule has 2 heterocycles. The molecule has 0 radical (unpaired) electrons. The van der Waals surface area contributed by atoms with Gasteiger partial charge < -0.3 is 9.80 Å². The summed E-state index contributed by atoms with van der Waals surface area (Å²) in [5.41, 5.74) is 2.58. The molecule has 2 aliphatic heterocycles. The minimum absolute atomic E-state index is 0.202. The Morgan fingerprint density at radius 2 is 1.07 bits per heavy atom. The van der Waals surface area contributed by atoms with Gasteiger partial charge in [0.2, 0.25) is 11.8 Å². The van der Waals surface area contributed by atoms with Crippen molar-refractivity contribution in [2.75, 3.05) is 14.1 Å². The van der Waals surface area contributed by atoms with Crippen molar-refractivity contribution in [1.82, 2.24) is 19.6 Å². The second-order valence-corrected chi connectivity index (χ2v) is 11.0. The van der Waals surface area contributed by atoms with E-state index in [0.29, 0.717) is 0 Å². The van der Waals surface area contributed by atoms with Gasteiger partial charge in [0.25, 0.3) is 0 Å². The highest BCUT2D eigenvalue weighted by Crippen LogP contribution is 2.38. The number of likely N-dealkylation sites (N-methyl/N-ethyl adjacent to an activating group) is 2. The van der Waals surface area contributed by atoms with Gasteiger partial charge >= 0.3 is 12.1 Å². The van der Waals surface area contributed by atoms with Crippen molar-refractivity contribution < 1.29 is 19.2 Å². The molecule has 6 amide bonds. The minimum atomic E-state index is -0.843. The number of urea groups is 2. The van der Waals surface area contributed by atoms with E-state index >= 15 is 0 Å². The number of rotatable bonds is 7. The van der Waals surface area contributed by atoms with Gasteiger partial charge in [0.15, 0.2) is 0 Å². The van der Waals surface area contributed by atoms with Gasteiger partial charge in [-0.15, -0.1) is 0 Å². The fourth-order valence-electron chi connectivity index (χ4n) is 6.08. The van der Waals surface area contributed by atoms with Crippen LogP contribution in [0.1, 0.15) is 49.0 Å². The average Bonchev–Trinajstić information content (AvgIpc) is 3.36. The lowest BCUT2D eigenvalue weighted by molar-refractivity contribution is -0.139. The van der Waals surface area contributed by atoms with Crippen LogP contribution < -0.4 is 0 Å². The molecule has 2 saturated heterocycles. The summed E-state index contributed by atoms with van der Waals surface area (Å²) < 4.78 is 0. The van der Waals surface area contributed by atoms with Crippen LogP contribution in [-0.2, 0) is 16.0 Å². The van der Waals surface area contributed by atoms with E-state index in [1.807, 2.05) is 105 Å². The molecule has 5 rings (SSSR count). The standard InChI is InChI=1S/C33H36N4O4/c1-22-29(25-16-10-6-11-17-25)36(32(40)34(22)3)28(38)21-27(20-24-14-8-5-9-15-24)31(39)37-30(23(2)35(4)33(37)41)26-18-12-7-13-19-26/h5-19,22-23,27,29-30H,20-21H2,1-4H3/t22-,23-,27+,29-,30-/m1/s1. The molecule has 0 aromatic heterocycles. The van der Waals surface area contributed by atoms with Crippen LogP contribution in [0.5, 0.6) is 0 Å². The van der Waals surface area contributed by atoms with E-state index in [1.54, 1.807) is 23.9 Å². The maximum absolute atomic E-state index is 14.4. The monoisotopic (exact) mass is 552 g/mol. The Kier molecular flexibility index (Phi) is 7.92. The molecule has 0 unspecified atom stereocenters. The summed E-state index contributed by atoms with van der Waals surface area (Å²) in [5, 5.41) is 0. The number of hydrogen-bond donors (Lipinski definition) is 0. The minimum Gasteiger partial charge on any atom is -0.322 e. The summed E-state index contributed by atoms with van der Waals surface area (Å²) in [6, 6.07) is 26.2. The van der Waals surface area contributed by atoms with Gasteiger partial charge in [0.05, 0.1) is 30.1 Å². The third kappa shape index (κ3) is 5.22. The second kappa shape index (κ2) is 11.6. The van der Waals surface area contributed by atoms with Crippen molar-refractivity contribution >= 4 is 23.9 Å². The molecule has 3 aromatic carbocycles. The SMILES string of the molecule is C[C@@H]1[C@H](c2ccccc2)N(C(=O)C[C@H](Cc2ccccc2)C(=O)N2C(=O)N(C)[C@H](C)[C@@H]2c2ccccc2)C(=O)N1C. The normalized spacial score (nSPS) is 23.3. The fraction of sp³-hybridized carbons (Fsp3) is 0.333. The predicted octanol–water partition coefficient (Wildman–Crippen LogP) is 5.28. The molecule has 0 N–H and O–H groups in total. The lowest BCUT2D eigenvalue weighted by atomic mass is 9.91. The van der Waals surface area contributed by atoms with Crippen LogP contribution in [-0.4, -0.2) is 69.7 Å². The number of amides is 6. The molecule has 0 saturated carbocycles. The highest BCUT2D eigenvalue weighted by Gasteiger charge is 2.49. The molecule has 0 spiro atoms. The smallest absolute Gasteiger partial charge is 0.322 e. The van der Waals surface area contributed by atoms with Gasteiger partial charge in [0.1, 0.15) is 0 Å². The van der Waals surface area contributed by atoms with Gasteiger partial charge in [-0.2, -0.15) is 0 Å². The largest absolute Gasteiger partial charge is 0.327 e. The average molecular weight is 553 g/mol. The summed E-state index contributed by atoms with van der Waals surface area (Å²) >= 11 is 0. The van der Waals surface area contributed by atoms with Crippen LogP contribution in [0.2, 0.25) is 0 Å². The number of benzene rings is 3. The van der Waals surface area contributed by atoms with Crippen molar-refractivity contribution in [3.63, 3.8) is 0 Å². The third-order valence-corrected chi connectivity index (χ3v) is 8.59. The van der Waals surface area contributed by atoms with Gasteiger partial charge in [-0.1, -0.05) is 91.0 Å². The first-order valence-corrected chi connectivity index (χ1v) is 14.0. The number of carbonyl (C=O) groups is 4. The predicted molar refractivity (Wildman–Crippen MR) is 156 cm³/mol. The van der Waals surface area contributed by atoms with Crippen LogP contribution in [0, 0.1) is 5.92 Å². The first-order valence-electron chi connectivity index (χ1n) is 14.0. The molecular formula is C33H36N4O4. The molecule has 212 valence electrons. The molecule has 3 aromatic rings. The summed E-state index contributed by atoms with van der Waals surface area (Å²) in [6.45, 7) is 3.84. The fourth-order valence-corrected chi connectivity index (χ4v) is 6.08. The van der Waals surface area contributed by atoms with Crippen molar-refractivity contribution in [2.24, 2.45) is 5.92 Å². The van der Waals surface area contributed by atoms with Crippen LogP contribution in [0.3, 0.4) is 0 Å². The maximum atomic E-state index is 14.4. The number of imide groups is 2. The van der Waals surface area contributed by atoms with Crippen LogP contribution in [0.25, 0.3) is 0 Å². The van der Waals surface area contributed by atoms with Crippen LogP contribution >= 0.6 is 0 Å². The third-order valence-electron chi connectivity index (χ3n) is 8.59. The second-order valence-electron chi connectivity index (χ2n) is 11.0. The zero-order valence-electron chi connectivity index (χ0n) is 23.9. The van der Waals surface area contributed by atoms with E-state index < -0.39 is 41.9 Å². The van der Waals surface area contributed by atoms with Gasteiger partial charge in [-0.25, -0.2) is 9.59 Å². The van der Waals surface area contributed by atoms with Gasteiger partial charge in [0, 0.05) is 20.5 Å². The summed E-state index contributed by atoms with van der Waals surface area (Å²) in [5.74, 6) is -1.69. The lowest BCUT2D eigenvalue weighted by Gasteiger charge is -2.29. The molecule has 0 bridgehead atoms. The number of nitrogens with zero attached hydrogens (tertiary/aromatic N) is 4. The first-order chi connectivity index (χ1) is 19.7. The topological polar surface area (TPSA) is 81.2 Å². The van der Waals surface area contributed by atoms with E-state index in [2.05, 4.69) is 0 Å². The number of hydrogen-bond acceptors (Lipinski definition) is 4. The Morgan fingerprint density at radius 3 is 1.56 bits per heavy atom. The van der Waals surface area contributed by atoms with E-state index in [4.69, 9.17) is 0 Å². The molecule has 8 heteroatoms. The Labute approximate surface area is 241 Å². The number of carbonyl (C=O) groups excluding carboxylic acids is 4. The zero-order chi connectivity index (χ0) is 29.3. The van der Waals surface area contributed by atoms with Crippen LogP contribution in [0.15, 0.2) is 91.0 Å². The molecule has 2 aliphatic rings. The molecule has 8 nitrogen and oxygen atoms in total. The highest BCUT2D eigenvalue weighted by atomic mass is 16.2. The van der Waals surface area contributed by atoms with Crippen molar-refractivity contribution in [1.29, 1.82) is 0 Å². The van der Waals surface area contributed by atoms with E-state index in [9.17, 15) is 19.2 Å². The molecule has 2 fully saturated rings. The Bertz CT molecular complexity index is 1410. The Balaban J connectivity index is 1.50. The molecule has 41 heavy (non-hydrogen) atoms. The summed E-state index contributed by atoms with van der Waals surface area (Å²) in [7, 11) is 3.38. The van der Waals surface area contributed by atoms with E-state index in [-0.39, 0.29) is 24.9 Å².